The summed E-state index contributed by atoms with van der Waals surface area (Å²) in [6.07, 6.45) is 0.956. The summed E-state index contributed by atoms with van der Waals surface area (Å²) in [5.41, 5.74) is 1.99. The molecule has 1 aliphatic heterocycles. The third-order valence-corrected chi connectivity index (χ3v) is 3.82. The van der Waals surface area contributed by atoms with Crippen molar-refractivity contribution in [3.05, 3.63) is 41.5 Å². The number of nitrogens with zero attached hydrogens (tertiary/aromatic N) is 2. The van der Waals surface area contributed by atoms with Crippen LogP contribution in [0.25, 0.3) is 10.8 Å². The van der Waals surface area contributed by atoms with Crippen LogP contribution in [0.4, 0.5) is 5.69 Å². The number of amides is 1. The van der Waals surface area contributed by atoms with Crippen LogP contribution in [0.15, 0.2) is 30.3 Å². The average Bonchev–Trinajstić information content (AvgIpc) is 2.72. The van der Waals surface area contributed by atoms with Gasteiger partial charge in [0.1, 0.15) is 0 Å². The Labute approximate surface area is 118 Å². The summed E-state index contributed by atoms with van der Waals surface area (Å²) in [5.74, 6) is 0.509. The zero-order valence-corrected chi connectivity index (χ0v) is 11.7. The number of anilines is 1. The molecule has 3 heteroatoms. The quantitative estimate of drug-likeness (QED) is 0.848. The molecule has 0 radical (unpaired) electrons. The zero-order chi connectivity index (χ0) is 14.3. The van der Waals surface area contributed by atoms with E-state index in [-0.39, 0.29) is 5.91 Å². The summed E-state index contributed by atoms with van der Waals surface area (Å²) < 4.78 is 0. The van der Waals surface area contributed by atoms with Crippen LogP contribution in [0.2, 0.25) is 0 Å². The number of carbonyl (C=O) groups is 1. The molecule has 0 aromatic heterocycles. The largest absolute Gasteiger partial charge is 0.308 e. The van der Waals surface area contributed by atoms with E-state index >= 15 is 0 Å². The highest BCUT2D eigenvalue weighted by atomic mass is 16.2. The molecule has 20 heavy (non-hydrogen) atoms. The van der Waals surface area contributed by atoms with E-state index in [1.54, 1.807) is 6.07 Å². The van der Waals surface area contributed by atoms with Gasteiger partial charge in [-0.15, -0.1) is 0 Å². The monoisotopic (exact) mass is 264 g/mol. The molecule has 0 aliphatic carbocycles. The van der Waals surface area contributed by atoms with Crippen molar-refractivity contribution in [2.75, 3.05) is 11.4 Å². The number of carbonyl (C=O) groups excluding carboxylic acids is 1. The minimum atomic E-state index is -0.0333. The molecular weight excluding hydrogens is 248 g/mol. The minimum Gasteiger partial charge on any atom is -0.308 e. The maximum atomic E-state index is 12.6. The highest BCUT2D eigenvalue weighted by molar-refractivity contribution is 6.26. The van der Waals surface area contributed by atoms with Gasteiger partial charge in [0.2, 0.25) is 0 Å². The fourth-order valence-corrected chi connectivity index (χ4v) is 2.75. The van der Waals surface area contributed by atoms with Crippen LogP contribution in [-0.2, 0) is 0 Å². The molecule has 0 bridgehead atoms. The van der Waals surface area contributed by atoms with E-state index in [1.165, 1.54) is 0 Å². The van der Waals surface area contributed by atoms with Gasteiger partial charge in [-0.05, 0) is 29.9 Å². The predicted molar refractivity (Wildman–Crippen MR) is 79.8 cm³/mol. The molecule has 0 atom stereocenters. The second-order valence-corrected chi connectivity index (χ2v) is 5.61. The van der Waals surface area contributed by atoms with Gasteiger partial charge in [0.15, 0.2) is 0 Å². The number of benzene rings is 2. The van der Waals surface area contributed by atoms with Crippen LogP contribution in [0.5, 0.6) is 0 Å². The first-order valence-electron chi connectivity index (χ1n) is 6.91. The highest BCUT2D eigenvalue weighted by Crippen LogP contribution is 2.39. The van der Waals surface area contributed by atoms with Crippen molar-refractivity contribution in [3.8, 4) is 6.07 Å². The molecule has 0 saturated heterocycles. The van der Waals surface area contributed by atoms with E-state index in [1.807, 2.05) is 29.2 Å². The smallest absolute Gasteiger partial charge is 0.260 e. The SMILES string of the molecule is CC(C)CCN1C(=O)c2c(C#N)ccc3cccc1c23. The molecule has 1 aliphatic rings. The normalized spacial score (nSPS) is 13.3. The molecular formula is C17H16N2O. The van der Waals surface area contributed by atoms with E-state index in [0.29, 0.717) is 23.6 Å². The summed E-state index contributed by atoms with van der Waals surface area (Å²) >= 11 is 0. The highest BCUT2D eigenvalue weighted by Gasteiger charge is 2.31. The number of hydrogen-bond acceptors (Lipinski definition) is 2. The molecule has 3 nitrogen and oxygen atoms in total. The van der Waals surface area contributed by atoms with Crippen LogP contribution >= 0.6 is 0 Å². The number of rotatable bonds is 3. The third kappa shape index (κ3) is 1.77. The number of nitriles is 1. The standard InChI is InChI=1S/C17H16N2O/c1-11(2)8-9-19-14-5-3-4-12-6-7-13(10-18)16(15(12)14)17(19)20/h3-7,11H,8-9H2,1-2H3. The summed E-state index contributed by atoms with van der Waals surface area (Å²) in [6.45, 7) is 5.00. The fraction of sp³-hybridized carbons (Fsp3) is 0.294. The zero-order valence-electron chi connectivity index (χ0n) is 11.7. The van der Waals surface area contributed by atoms with Crippen molar-refractivity contribution >= 4 is 22.4 Å². The van der Waals surface area contributed by atoms with Crippen molar-refractivity contribution in [3.63, 3.8) is 0 Å². The minimum absolute atomic E-state index is 0.0333. The van der Waals surface area contributed by atoms with Crippen LogP contribution in [0.1, 0.15) is 36.2 Å². The van der Waals surface area contributed by atoms with Crippen LogP contribution in [0, 0.1) is 17.2 Å². The molecule has 2 aromatic carbocycles. The van der Waals surface area contributed by atoms with E-state index < -0.39 is 0 Å². The Morgan fingerprint density at radius 2 is 2.05 bits per heavy atom. The van der Waals surface area contributed by atoms with Crippen LogP contribution < -0.4 is 4.90 Å². The molecule has 3 rings (SSSR count). The van der Waals surface area contributed by atoms with Gasteiger partial charge in [-0.25, -0.2) is 0 Å². The lowest BCUT2D eigenvalue weighted by atomic mass is 10.0. The second kappa shape index (κ2) is 4.64. The first kappa shape index (κ1) is 12.7. The Morgan fingerprint density at radius 1 is 1.25 bits per heavy atom. The summed E-state index contributed by atoms with van der Waals surface area (Å²) in [4.78, 5) is 14.5. The number of hydrogen-bond donors (Lipinski definition) is 0. The van der Waals surface area contributed by atoms with Crippen molar-refractivity contribution in [2.24, 2.45) is 5.92 Å². The van der Waals surface area contributed by atoms with Crippen molar-refractivity contribution < 1.29 is 4.79 Å². The van der Waals surface area contributed by atoms with Gasteiger partial charge in [-0.2, -0.15) is 5.26 Å². The van der Waals surface area contributed by atoms with E-state index in [9.17, 15) is 10.1 Å². The lowest BCUT2D eigenvalue weighted by Gasteiger charge is -2.18. The van der Waals surface area contributed by atoms with E-state index in [4.69, 9.17) is 0 Å². The molecule has 2 aromatic rings. The summed E-state index contributed by atoms with van der Waals surface area (Å²) in [5, 5.41) is 11.2. The van der Waals surface area contributed by atoms with E-state index in [0.717, 1.165) is 22.9 Å². The lowest BCUT2D eigenvalue weighted by molar-refractivity contribution is 0.0992. The lowest BCUT2D eigenvalue weighted by Crippen LogP contribution is -2.28. The van der Waals surface area contributed by atoms with Gasteiger partial charge in [-0.1, -0.05) is 32.0 Å². The van der Waals surface area contributed by atoms with Crippen molar-refractivity contribution in [1.82, 2.24) is 0 Å². The topological polar surface area (TPSA) is 44.1 Å². The average molecular weight is 264 g/mol. The molecule has 1 heterocycles. The third-order valence-electron chi connectivity index (χ3n) is 3.82. The fourth-order valence-electron chi connectivity index (χ4n) is 2.75. The molecule has 0 unspecified atom stereocenters. The maximum absolute atomic E-state index is 12.6. The second-order valence-electron chi connectivity index (χ2n) is 5.61. The molecule has 1 amide bonds. The Bertz CT molecular complexity index is 740. The van der Waals surface area contributed by atoms with Gasteiger partial charge in [0.25, 0.3) is 5.91 Å². The first-order valence-corrected chi connectivity index (χ1v) is 6.91. The van der Waals surface area contributed by atoms with E-state index in [2.05, 4.69) is 19.9 Å². The first-order chi connectivity index (χ1) is 9.63. The molecule has 0 N–H and O–H groups in total. The van der Waals surface area contributed by atoms with Crippen molar-refractivity contribution in [2.45, 2.75) is 20.3 Å². The molecule has 100 valence electrons. The molecule has 0 spiro atoms. The molecule has 0 saturated carbocycles. The Balaban J connectivity index is 2.17. The molecule has 0 fully saturated rings. The Kier molecular flexibility index (Phi) is 2.94. The Hall–Kier alpha value is -2.34. The Morgan fingerprint density at radius 3 is 2.75 bits per heavy atom. The van der Waals surface area contributed by atoms with Gasteiger partial charge in [0.05, 0.1) is 22.9 Å². The van der Waals surface area contributed by atoms with Gasteiger partial charge < -0.3 is 4.90 Å². The van der Waals surface area contributed by atoms with Gasteiger partial charge >= 0.3 is 0 Å². The predicted octanol–water partition coefficient (Wildman–Crippen LogP) is 3.72. The van der Waals surface area contributed by atoms with Gasteiger partial charge in [-0.3, -0.25) is 4.79 Å². The maximum Gasteiger partial charge on any atom is 0.260 e. The van der Waals surface area contributed by atoms with Crippen LogP contribution in [-0.4, -0.2) is 12.5 Å². The summed E-state index contributed by atoms with van der Waals surface area (Å²) in [6, 6.07) is 11.7. The van der Waals surface area contributed by atoms with Crippen molar-refractivity contribution in [1.29, 1.82) is 5.26 Å². The van der Waals surface area contributed by atoms with Crippen LogP contribution in [0.3, 0.4) is 0 Å². The summed E-state index contributed by atoms with van der Waals surface area (Å²) in [7, 11) is 0. The van der Waals surface area contributed by atoms with Gasteiger partial charge in [0, 0.05) is 11.9 Å².